The molecule has 2 amide bonds. The van der Waals surface area contributed by atoms with E-state index in [-0.39, 0.29) is 18.4 Å². The van der Waals surface area contributed by atoms with Crippen LogP contribution in [0.4, 0.5) is 5.69 Å². The molecule has 0 radical (unpaired) electrons. The van der Waals surface area contributed by atoms with Crippen molar-refractivity contribution in [3.05, 3.63) is 51.7 Å². The Kier molecular flexibility index (Phi) is 3.75. The second-order valence-electron chi connectivity index (χ2n) is 4.90. The van der Waals surface area contributed by atoms with Gasteiger partial charge in [-0.15, -0.1) is 11.3 Å². The summed E-state index contributed by atoms with van der Waals surface area (Å²) in [7, 11) is 0. The molecule has 0 unspecified atom stereocenters. The second kappa shape index (κ2) is 5.69. The smallest absolute Gasteiger partial charge is 0.253 e. The molecule has 1 aromatic carbocycles. The Morgan fingerprint density at radius 1 is 1.14 bits per heavy atom. The third-order valence-corrected chi connectivity index (χ3v) is 4.73. The van der Waals surface area contributed by atoms with E-state index in [0.29, 0.717) is 17.8 Å². The monoisotopic (exact) mass is 300 g/mol. The Hall–Kier alpha value is -2.14. The van der Waals surface area contributed by atoms with Crippen molar-refractivity contribution >= 4 is 28.8 Å². The van der Waals surface area contributed by atoms with Gasteiger partial charge in [0, 0.05) is 9.75 Å². The van der Waals surface area contributed by atoms with Crippen molar-refractivity contribution in [3.63, 3.8) is 0 Å². The zero-order valence-corrected chi connectivity index (χ0v) is 12.6. The molecule has 1 aliphatic heterocycles. The zero-order chi connectivity index (χ0) is 14.8. The molecule has 3 rings (SSSR count). The predicted octanol–water partition coefficient (Wildman–Crippen LogP) is 2.59. The van der Waals surface area contributed by atoms with E-state index in [4.69, 9.17) is 0 Å². The summed E-state index contributed by atoms with van der Waals surface area (Å²) in [6.07, 6.45) is 0.995. The predicted molar refractivity (Wildman–Crippen MR) is 83.7 cm³/mol. The number of carbonyl (C=O) groups is 2. The van der Waals surface area contributed by atoms with Crippen LogP contribution < -0.4 is 10.2 Å². The number of hydrogen-bond acceptors (Lipinski definition) is 3. The first kappa shape index (κ1) is 13.8. The van der Waals surface area contributed by atoms with Crippen LogP contribution in [0, 0.1) is 0 Å². The van der Waals surface area contributed by atoms with Gasteiger partial charge in [-0.25, -0.2) is 0 Å². The van der Waals surface area contributed by atoms with Gasteiger partial charge in [0.25, 0.3) is 5.91 Å². The van der Waals surface area contributed by atoms with Gasteiger partial charge in [0.1, 0.15) is 0 Å². The van der Waals surface area contributed by atoms with Gasteiger partial charge >= 0.3 is 0 Å². The molecule has 21 heavy (non-hydrogen) atoms. The molecule has 108 valence electrons. The number of benzene rings is 1. The third-order valence-electron chi connectivity index (χ3n) is 3.52. The highest BCUT2D eigenvalue weighted by Gasteiger charge is 2.26. The molecule has 0 spiro atoms. The molecule has 0 aliphatic carbocycles. The topological polar surface area (TPSA) is 49.4 Å². The lowest BCUT2D eigenvalue weighted by atomic mass is 10.1. The van der Waals surface area contributed by atoms with E-state index in [1.54, 1.807) is 22.3 Å². The number of thiophene rings is 1. The summed E-state index contributed by atoms with van der Waals surface area (Å²) in [5.41, 5.74) is 1.24. The number of hydrogen-bond donors (Lipinski definition) is 1. The lowest BCUT2D eigenvalue weighted by molar-refractivity contribution is -0.117. The first-order valence-corrected chi connectivity index (χ1v) is 7.76. The molecule has 4 nitrogen and oxygen atoms in total. The van der Waals surface area contributed by atoms with Crippen molar-refractivity contribution in [2.24, 2.45) is 0 Å². The maximum atomic E-state index is 12.3. The van der Waals surface area contributed by atoms with Crippen LogP contribution in [0.1, 0.15) is 27.0 Å². The number of rotatable bonds is 3. The van der Waals surface area contributed by atoms with Gasteiger partial charge in [0.15, 0.2) is 0 Å². The summed E-state index contributed by atoms with van der Waals surface area (Å²) in [6, 6.07) is 11.4. The summed E-state index contributed by atoms with van der Waals surface area (Å²) in [5, 5.41) is 2.66. The van der Waals surface area contributed by atoms with E-state index in [2.05, 4.69) is 24.4 Å². The number of anilines is 1. The van der Waals surface area contributed by atoms with Crippen molar-refractivity contribution in [1.82, 2.24) is 5.32 Å². The Balaban J connectivity index is 1.97. The first-order valence-electron chi connectivity index (χ1n) is 6.94. The molecule has 2 aromatic rings. The van der Waals surface area contributed by atoms with Gasteiger partial charge in [-0.1, -0.05) is 19.1 Å². The minimum Gasteiger partial charge on any atom is -0.343 e. The minimum absolute atomic E-state index is 0.0412. The zero-order valence-electron chi connectivity index (χ0n) is 11.8. The number of carbonyl (C=O) groups excluding carboxylic acids is 2. The van der Waals surface area contributed by atoms with Gasteiger partial charge < -0.3 is 10.2 Å². The normalized spacial score (nSPS) is 14.6. The lowest BCUT2D eigenvalue weighted by Crippen LogP contribution is -2.35. The number of fused-ring (bicyclic) bond motifs is 1. The first-order chi connectivity index (χ1) is 10.2. The molecule has 2 heterocycles. The fourth-order valence-corrected chi connectivity index (χ4v) is 3.36. The third kappa shape index (κ3) is 2.69. The van der Waals surface area contributed by atoms with Crippen molar-refractivity contribution in [3.8, 4) is 0 Å². The number of nitrogens with zero attached hydrogens (tertiary/aromatic N) is 1. The van der Waals surface area contributed by atoms with Gasteiger partial charge in [0.05, 0.1) is 24.3 Å². The molecule has 0 saturated heterocycles. The van der Waals surface area contributed by atoms with Crippen molar-refractivity contribution in [2.75, 3.05) is 11.4 Å². The van der Waals surface area contributed by atoms with E-state index >= 15 is 0 Å². The van der Waals surface area contributed by atoms with Crippen molar-refractivity contribution in [1.29, 1.82) is 0 Å². The Labute approximate surface area is 127 Å². The summed E-state index contributed by atoms with van der Waals surface area (Å²) in [5.74, 6) is -0.276. The summed E-state index contributed by atoms with van der Waals surface area (Å²) in [6.45, 7) is 2.67. The van der Waals surface area contributed by atoms with E-state index in [9.17, 15) is 9.59 Å². The molecule has 0 fully saturated rings. The van der Waals surface area contributed by atoms with E-state index in [0.717, 1.165) is 11.3 Å². The highest BCUT2D eigenvalue weighted by Crippen LogP contribution is 2.26. The standard InChI is InChI=1S/C16H16N2O2S/c1-2-11-7-8-12(21-11)10-18-14-6-4-3-5-13(14)16(20)17-9-15(18)19/h3-8H,2,9-10H2,1H3,(H,17,20). The molecule has 1 N–H and O–H groups in total. The average molecular weight is 300 g/mol. The highest BCUT2D eigenvalue weighted by molar-refractivity contribution is 7.12. The van der Waals surface area contributed by atoms with E-state index in [1.165, 1.54) is 4.88 Å². The molecule has 0 atom stereocenters. The molecular weight excluding hydrogens is 284 g/mol. The van der Waals surface area contributed by atoms with Gasteiger partial charge in [-0.2, -0.15) is 0 Å². The largest absolute Gasteiger partial charge is 0.343 e. The van der Waals surface area contributed by atoms with Crippen LogP contribution in [-0.4, -0.2) is 18.4 Å². The minimum atomic E-state index is -0.193. The summed E-state index contributed by atoms with van der Waals surface area (Å²) >= 11 is 1.71. The van der Waals surface area contributed by atoms with Gasteiger partial charge in [0.2, 0.25) is 5.91 Å². The van der Waals surface area contributed by atoms with Gasteiger partial charge in [-0.05, 0) is 30.7 Å². The molecule has 5 heteroatoms. The van der Waals surface area contributed by atoms with Crippen LogP contribution in [0.15, 0.2) is 36.4 Å². The van der Waals surface area contributed by atoms with Crippen LogP contribution in [0.5, 0.6) is 0 Å². The number of nitrogens with one attached hydrogen (secondary N) is 1. The summed E-state index contributed by atoms with van der Waals surface area (Å²) in [4.78, 5) is 28.5. The van der Waals surface area contributed by atoms with Crippen LogP contribution in [0.25, 0.3) is 0 Å². The molecule has 1 aromatic heterocycles. The van der Waals surface area contributed by atoms with Gasteiger partial charge in [-0.3, -0.25) is 9.59 Å². The van der Waals surface area contributed by atoms with Crippen LogP contribution in [0.3, 0.4) is 0 Å². The number of amides is 2. The second-order valence-corrected chi connectivity index (χ2v) is 6.15. The molecule has 1 aliphatic rings. The van der Waals surface area contributed by atoms with Crippen molar-refractivity contribution < 1.29 is 9.59 Å². The number of aryl methyl sites for hydroxylation is 1. The SMILES string of the molecule is CCc1ccc(CN2C(=O)CNC(=O)c3ccccc32)s1. The van der Waals surface area contributed by atoms with E-state index < -0.39 is 0 Å². The molecule has 0 saturated carbocycles. The average Bonchev–Trinajstić information content (AvgIpc) is 2.93. The number of para-hydroxylation sites is 1. The maximum absolute atomic E-state index is 12.3. The Morgan fingerprint density at radius 2 is 1.90 bits per heavy atom. The fraction of sp³-hybridized carbons (Fsp3) is 0.250. The van der Waals surface area contributed by atoms with Crippen LogP contribution in [0.2, 0.25) is 0 Å². The van der Waals surface area contributed by atoms with Crippen LogP contribution >= 0.6 is 11.3 Å². The molecular formula is C16H16N2O2S. The summed E-state index contributed by atoms with van der Waals surface area (Å²) < 4.78 is 0. The fourth-order valence-electron chi connectivity index (χ4n) is 2.41. The molecule has 0 bridgehead atoms. The maximum Gasteiger partial charge on any atom is 0.253 e. The quantitative estimate of drug-likeness (QED) is 0.947. The van der Waals surface area contributed by atoms with Crippen molar-refractivity contribution in [2.45, 2.75) is 19.9 Å². The van der Waals surface area contributed by atoms with E-state index in [1.807, 2.05) is 18.2 Å². The Morgan fingerprint density at radius 3 is 2.67 bits per heavy atom. The lowest BCUT2D eigenvalue weighted by Gasteiger charge is -2.21. The Bertz CT molecular complexity index is 693. The van der Waals surface area contributed by atoms with Crippen LogP contribution in [-0.2, 0) is 17.8 Å². The highest BCUT2D eigenvalue weighted by atomic mass is 32.1.